The molecule has 0 amide bonds. The Kier molecular flexibility index (Phi) is 10.1. The second-order valence-electron chi connectivity index (χ2n) is 6.16. The monoisotopic (exact) mass is 510 g/mol. The number of hydrogen-bond acceptors (Lipinski definition) is 4. The van der Waals surface area contributed by atoms with Gasteiger partial charge in [-0.2, -0.15) is 0 Å². The number of furan rings is 1. The van der Waals surface area contributed by atoms with Crippen molar-refractivity contribution in [1.82, 2.24) is 15.6 Å². The van der Waals surface area contributed by atoms with Gasteiger partial charge in [0, 0.05) is 37.0 Å². The van der Waals surface area contributed by atoms with E-state index in [0.717, 1.165) is 49.1 Å². The van der Waals surface area contributed by atoms with Gasteiger partial charge in [0.15, 0.2) is 5.96 Å². The van der Waals surface area contributed by atoms with E-state index in [1.807, 2.05) is 36.5 Å². The second kappa shape index (κ2) is 12.6. The van der Waals surface area contributed by atoms with Gasteiger partial charge in [0.1, 0.15) is 5.76 Å². The Balaban J connectivity index is 0.00000280. The fourth-order valence-corrected chi connectivity index (χ4v) is 3.46. The number of nitrogens with zero attached hydrogens (tertiary/aromatic N) is 2. The summed E-state index contributed by atoms with van der Waals surface area (Å²) < 4.78 is 5.39. The molecule has 5 nitrogen and oxygen atoms in total. The van der Waals surface area contributed by atoms with Crippen LogP contribution in [-0.4, -0.2) is 24.0 Å². The van der Waals surface area contributed by atoms with Crippen molar-refractivity contribution >= 4 is 41.3 Å². The maximum atomic E-state index is 5.39. The summed E-state index contributed by atoms with van der Waals surface area (Å²) in [6.07, 6.45) is 6.45. The molecule has 2 aromatic heterocycles. The lowest BCUT2D eigenvalue weighted by molar-refractivity contribution is 0.506. The average molecular weight is 510 g/mol. The summed E-state index contributed by atoms with van der Waals surface area (Å²) in [6, 6.07) is 14.2. The maximum absolute atomic E-state index is 5.39. The van der Waals surface area contributed by atoms with E-state index in [1.54, 1.807) is 17.6 Å². The minimum absolute atomic E-state index is 0. The summed E-state index contributed by atoms with van der Waals surface area (Å²) in [5, 5.41) is 7.98. The third kappa shape index (κ3) is 7.63. The minimum atomic E-state index is 0. The Morgan fingerprint density at radius 1 is 1.07 bits per heavy atom. The zero-order chi connectivity index (χ0) is 18.7. The van der Waals surface area contributed by atoms with Gasteiger partial charge in [0.25, 0.3) is 0 Å². The van der Waals surface area contributed by atoms with Gasteiger partial charge in [-0.15, -0.1) is 35.3 Å². The van der Waals surface area contributed by atoms with Gasteiger partial charge in [-0.1, -0.05) is 37.3 Å². The second-order valence-corrected chi connectivity index (χ2v) is 7.36. The van der Waals surface area contributed by atoms with Crippen molar-refractivity contribution < 1.29 is 4.42 Å². The van der Waals surface area contributed by atoms with E-state index in [4.69, 9.17) is 9.41 Å². The van der Waals surface area contributed by atoms with Crippen LogP contribution in [0.2, 0.25) is 0 Å². The molecule has 0 atom stereocenters. The minimum Gasteiger partial charge on any atom is -0.469 e. The topological polar surface area (TPSA) is 62.5 Å². The third-order valence-corrected chi connectivity index (χ3v) is 5.29. The average Bonchev–Trinajstić information content (AvgIpc) is 3.38. The normalized spacial score (nSPS) is 11.1. The van der Waals surface area contributed by atoms with E-state index in [1.165, 1.54) is 10.4 Å². The molecule has 0 aliphatic heterocycles. The number of aromatic nitrogens is 1. The molecular formula is C21H27IN4OS. The smallest absolute Gasteiger partial charge is 0.191 e. The lowest BCUT2D eigenvalue weighted by atomic mass is 10.2. The van der Waals surface area contributed by atoms with E-state index in [-0.39, 0.29) is 24.0 Å². The Morgan fingerprint density at radius 3 is 2.54 bits per heavy atom. The van der Waals surface area contributed by atoms with Crippen molar-refractivity contribution in [2.75, 3.05) is 13.1 Å². The van der Waals surface area contributed by atoms with Crippen LogP contribution < -0.4 is 10.6 Å². The molecule has 0 aliphatic rings. The van der Waals surface area contributed by atoms with Crippen molar-refractivity contribution in [3.8, 4) is 0 Å². The molecule has 0 spiro atoms. The van der Waals surface area contributed by atoms with Crippen LogP contribution in [0.4, 0.5) is 0 Å². The fourth-order valence-electron chi connectivity index (χ4n) is 2.60. The standard InChI is InChI=1S/C21H26N4OS.HI/c1-2-19-16-24-20(27-19)11-13-23-21(22-12-10-18-9-6-14-26-18)25-15-17-7-4-3-5-8-17;/h3-9,14,16H,2,10-13,15H2,1H3,(H2,22,23,25);1H. The Bertz CT molecular complexity index is 818. The lowest BCUT2D eigenvalue weighted by Crippen LogP contribution is -2.39. The van der Waals surface area contributed by atoms with Gasteiger partial charge < -0.3 is 15.1 Å². The quantitative estimate of drug-likeness (QED) is 0.254. The third-order valence-electron chi connectivity index (χ3n) is 4.09. The number of nitrogens with one attached hydrogen (secondary N) is 2. The highest BCUT2D eigenvalue weighted by atomic mass is 127. The first kappa shape index (κ1) is 22.4. The molecule has 28 heavy (non-hydrogen) atoms. The Morgan fingerprint density at radius 2 is 1.86 bits per heavy atom. The summed E-state index contributed by atoms with van der Waals surface area (Å²) >= 11 is 1.79. The molecule has 2 N–H and O–H groups in total. The zero-order valence-corrected chi connectivity index (χ0v) is 19.2. The van der Waals surface area contributed by atoms with Gasteiger partial charge in [0.05, 0.1) is 17.8 Å². The number of benzene rings is 1. The number of hydrogen-bond donors (Lipinski definition) is 2. The molecular weight excluding hydrogens is 483 g/mol. The fraction of sp³-hybridized carbons (Fsp3) is 0.333. The molecule has 0 saturated carbocycles. The SMILES string of the molecule is CCc1cnc(CCNC(=NCc2ccccc2)NCCc2ccco2)s1.I. The van der Waals surface area contributed by atoms with Gasteiger partial charge in [0.2, 0.25) is 0 Å². The van der Waals surface area contributed by atoms with Crippen LogP contribution in [0.15, 0.2) is 64.3 Å². The number of rotatable bonds is 9. The van der Waals surface area contributed by atoms with Crippen LogP contribution in [0, 0.1) is 0 Å². The van der Waals surface area contributed by atoms with Gasteiger partial charge in [-0.25, -0.2) is 9.98 Å². The van der Waals surface area contributed by atoms with Gasteiger partial charge >= 0.3 is 0 Å². The van der Waals surface area contributed by atoms with Gasteiger partial charge in [-0.3, -0.25) is 0 Å². The van der Waals surface area contributed by atoms with E-state index in [0.29, 0.717) is 6.54 Å². The predicted molar refractivity (Wildman–Crippen MR) is 127 cm³/mol. The Hall–Kier alpha value is -1.87. The number of aryl methyl sites for hydroxylation is 1. The summed E-state index contributed by atoms with van der Waals surface area (Å²) in [5.41, 5.74) is 1.19. The summed E-state index contributed by atoms with van der Waals surface area (Å²) in [6.45, 7) is 4.38. The highest BCUT2D eigenvalue weighted by Crippen LogP contribution is 2.13. The molecule has 3 rings (SSSR count). The van der Waals surface area contributed by atoms with Crippen molar-refractivity contribution in [1.29, 1.82) is 0 Å². The van der Waals surface area contributed by atoms with Crippen molar-refractivity contribution in [3.05, 3.63) is 76.1 Å². The van der Waals surface area contributed by atoms with Crippen molar-refractivity contribution in [2.24, 2.45) is 4.99 Å². The van der Waals surface area contributed by atoms with Crippen LogP contribution >= 0.6 is 35.3 Å². The largest absolute Gasteiger partial charge is 0.469 e. The van der Waals surface area contributed by atoms with Crippen molar-refractivity contribution in [3.63, 3.8) is 0 Å². The van der Waals surface area contributed by atoms with Crippen LogP contribution in [-0.2, 0) is 25.8 Å². The molecule has 0 bridgehead atoms. The molecule has 0 fully saturated rings. The first-order valence-electron chi connectivity index (χ1n) is 9.35. The number of aliphatic imine (C=N–C) groups is 1. The van der Waals surface area contributed by atoms with E-state index < -0.39 is 0 Å². The summed E-state index contributed by atoms with van der Waals surface area (Å²) in [4.78, 5) is 10.5. The summed E-state index contributed by atoms with van der Waals surface area (Å²) in [5.74, 6) is 1.79. The lowest BCUT2D eigenvalue weighted by Gasteiger charge is -2.12. The van der Waals surface area contributed by atoms with E-state index in [2.05, 4.69) is 34.7 Å². The molecule has 0 radical (unpaired) electrons. The van der Waals surface area contributed by atoms with E-state index in [9.17, 15) is 0 Å². The first-order valence-corrected chi connectivity index (χ1v) is 10.2. The molecule has 2 heterocycles. The number of guanidine groups is 1. The van der Waals surface area contributed by atoms with E-state index >= 15 is 0 Å². The molecule has 150 valence electrons. The molecule has 0 aliphatic carbocycles. The molecule has 7 heteroatoms. The number of halogens is 1. The van der Waals surface area contributed by atoms with Crippen LogP contribution in [0.1, 0.15) is 28.1 Å². The van der Waals surface area contributed by atoms with Crippen LogP contribution in [0.25, 0.3) is 0 Å². The van der Waals surface area contributed by atoms with Crippen molar-refractivity contribution in [2.45, 2.75) is 32.7 Å². The van der Waals surface area contributed by atoms with Crippen LogP contribution in [0.5, 0.6) is 0 Å². The highest BCUT2D eigenvalue weighted by Gasteiger charge is 2.03. The molecule has 0 unspecified atom stereocenters. The maximum Gasteiger partial charge on any atom is 0.191 e. The molecule has 3 aromatic rings. The van der Waals surface area contributed by atoms with Gasteiger partial charge in [-0.05, 0) is 24.1 Å². The summed E-state index contributed by atoms with van der Waals surface area (Å²) in [7, 11) is 0. The van der Waals surface area contributed by atoms with Crippen LogP contribution in [0.3, 0.4) is 0 Å². The predicted octanol–water partition coefficient (Wildman–Crippen LogP) is 4.44. The first-order chi connectivity index (χ1) is 13.3. The highest BCUT2D eigenvalue weighted by molar-refractivity contribution is 14.0. The number of thiazole rings is 1. The molecule has 0 saturated heterocycles. The Labute approximate surface area is 187 Å². The zero-order valence-electron chi connectivity index (χ0n) is 16.1. The molecule has 1 aromatic carbocycles.